The molecule has 0 radical (unpaired) electrons. The van der Waals surface area contributed by atoms with Gasteiger partial charge in [0.2, 0.25) is 5.91 Å². The lowest BCUT2D eigenvalue weighted by molar-refractivity contribution is -0.113. The highest BCUT2D eigenvalue weighted by Crippen LogP contribution is 2.22. The van der Waals surface area contributed by atoms with E-state index in [2.05, 4.69) is 0 Å². The molecule has 94 valence electrons. The van der Waals surface area contributed by atoms with Crippen LogP contribution in [0.2, 0.25) is 0 Å². The van der Waals surface area contributed by atoms with Gasteiger partial charge in [-0.1, -0.05) is 72.8 Å². The van der Waals surface area contributed by atoms with Crippen LogP contribution in [0.25, 0.3) is 5.57 Å². The summed E-state index contributed by atoms with van der Waals surface area (Å²) < 4.78 is 0. The lowest BCUT2D eigenvalue weighted by Gasteiger charge is -2.07. The van der Waals surface area contributed by atoms with E-state index in [1.807, 2.05) is 66.7 Å². The number of benzene rings is 2. The highest BCUT2D eigenvalue weighted by Gasteiger charge is 2.02. The van der Waals surface area contributed by atoms with Crippen LogP contribution in [-0.2, 0) is 4.79 Å². The van der Waals surface area contributed by atoms with Crippen molar-refractivity contribution in [3.8, 4) is 0 Å². The second kappa shape index (κ2) is 6.36. The second-order valence-electron chi connectivity index (χ2n) is 4.07. The Morgan fingerprint density at radius 3 is 1.74 bits per heavy atom. The zero-order chi connectivity index (χ0) is 13.5. The minimum Gasteiger partial charge on any atom is -0.366 e. The van der Waals surface area contributed by atoms with Crippen molar-refractivity contribution in [2.75, 3.05) is 0 Å². The molecule has 0 aliphatic heterocycles. The van der Waals surface area contributed by atoms with Crippen LogP contribution in [-0.4, -0.2) is 5.91 Å². The highest BCUT2D eigenvalue weighted by atomic mass is 16.1. The van der Waals surface area contributed by atoms with Crippen LogP contribution in [0.1, 0.15) is 11.1 Å². The first kappa shape index (κ1) is 12.8. The summed E-state index contributed by atoms with van der Waals surface area (Å²) in [7, 11) is 0. The molecule has 2 rings (SSSR count). The largest absolute Gasteiger partial charge is 0.366 e. The van der Waals surface area contributed by atoms with Crippen LogP contribution >= 0.6 is 0 Å². The van der Waals surface area contributed by atoms with E-state index in [-0.39, 0.29) is 0 Å². The fourth-order valence-corrected chi connectivity index (χ4v) is 1.83. The van der Waals surface area contributed by atoms with Crippen molar-refractivity contribution in [3.63, 3.8) is 0 Å². The minimum absolute atomic E-state index is 0.447. The van der Waals surface area contributed by atoms with Crippen molar-refractivity contribution < 1.29 is 4.79 Å². The van der Waals surface area contributed by atoms with Gasteiger partial charge in [0.25, 0.3) is 0 Å². The van der Waals surface area contributed by atoms with Gasteiger partial charge in [0.05, 0.1) is 0 Å². The number of primary amides is 1. The third-order valence-electron chi connectivity index (χ3n) is 2.69. The third kappa shape index (κ3) is 3.68. The normalized spacial score (nSPS) is 10.3. The molecule has 0 aliphatic rings. The zero-order valence-electron chi connectivity index (χ0n) is 10.5. The standard InChI is InChI=1S/C17H15NO/c18-17(19)13-7-12-16(14-8-3-1-4-9-14)15-10-5-2-6-11-15/h1-13H,(H2,18,19)/b13-7+. The van der Waals surface area contributed by atoms with Crippen molar-refractivity contribution in [2.24, 2.45) is 5.73 Å². The Labute approximate surface area is 112 Å². The molecule has 2 nitrogen and oxygen atoms in total. The van der Waals surface area contributed by atoms with Crippen LogP contribution in [0.15, 0.2) is 78.9 Å². The molecular weight excluding hydrogens is 234 g/mol. The van der Waals surface area contributed by atoms with Crippen LogP contribution in [0.5, 0.6) is 0 Å². The molecule has 0 atom stereocenters. The number of amides is 1. The van der Waals surface area contributed by atoms with E-state index in [4.69, 9.17) is 5.73 Å². The van der Waals surface area contributed by atoms with Gasteiger partial charge in [-0.2, -0.15) is 0 Å². The molecule has 0 unspecified atom stereocenters. The molecular formula is C17H15NO. The Morgan fingerprint density at radius 2 is 1.32 bits per heavy atom. The number of carbonyl (C=O) groups excluding carboxylic acids is 1. The van der Waals surface area contributed by atoms with Gasteiger partial charge in [-0.05, 0) is 16.7 Å². The average molecular weight is 249 g/mol. The molecule has 0 aromatic heterocycles. The van der Waals surface area contributed by atoms with Crippen LogP contribution in [0.4, 0.5) is 0 Å². The van der Waals surface area contributed by atoms with E-state index in [1.54, 1.807) is 6.08 Å². The summed E-state index contributed by atoms with van der Waals surface area (Å²) in [6, 6.07) is 20.1. The van der Waals surface area contributed by atoms with Gasteiger partial charge in [0, 0.05) is 6.08 Å². The first-order valence-corrected chi connectivity index (χ1v) is 6.06. The lowest BCUT2D eigenvalue weighted by Crippen LogP contribution is -2.04. The molecule has 2 N–H and O–H groups in total. The van der Waals surface area contributed by atoms with E-state index in [1.165, 1.54) is 6.08 Å². The van der Waals surface area contributed by atoms with Crippen LogP contribution in [0, 0.1) is 0 Å². The summed E-state index contributed by atoms with van der Waals surface area (Å²) in [5.41, 5.74) is 8.36. The zero-order valence-corrected chi connectivity index (χ0v) is 10.5. The number of carbonyl (C=O) groups is 1. The minimum atomic E-state index is -0.447. The highest BCUT2D eigenvalue weighted by molar-refractivity contribution is 5.87. The van der Waals surface area contributed by atoms with Crippen LogP contribution < -0.4 is 5.73 Å². The van der Waals surface area contributed by atoms with Crippen molar-refractivity contribution >= 4 is 11.5 Å². The van der Waals surface area contributed by atoms with Crippen molar-refractivity contribution in [2.45, 2.75) is 0 Å². The van der Waals surface area contributed by atoms with E-state index in [0.717, 1.165) is 16.7 Å². The summed E-state index contributed by atoms with van der Waals surface area (Å²) in [6.45, 7) is 0. The second-order valence-corrected chi connectivity index (χ2v) is 4.07. The van der Waals surface area contributed by atoms with Crippen molar-refractivity contribution in [1.29, 1.82) is 0 Å². The smallest absolute Gasteiger partial charge is 0.241 e. The maximum Gasteiger partial charge on any atom is 0.241 e. The van der Waals surface area contributed by atoms with Gasteiger partial charge in [-0.15, -0.1) is 0 Å². The van der Waals surface area contributed by atoms with Gasteiger partial charge >= 0.3 is 0 Å². The van der Waals surface area contributed by atoms with Crippen molar-refractivity contribution in [3.05, 3.63) is 90.0 Å². The lowest BCUT2D eigenvalue weighted by atomic mass is 9.97. The van der Waals surface area contributed by atoms with Crippen LogP contribution in [0.3, 0.4) is 0 Å². The maximum absolute atomic E-state index is 10.8. The molecule has 0 fully saturated rings. The average Bonchev–Trinajstić information content (AvgIpc) is 2.45. The fourth-order valence-electron chi connectivity index (χ4n) is 1.83. The summed E-state index contributed by atoms with van der Waals surface area (Å²) in [5, 5.41) is 0. The van der Waals surface area contributed by atoms with E-state index < -0.39 is 5.91 Å². The van der Waals surface area contributed by atoms with Gasteiger partial charge in [0.15, 0.2) is 0 Å². The number of allylic oxidation sites excluding steroid dienone is 2. The van der Waals surface area contributed by atoms with Gasteiger partial charge in [0.1, 0.15) is 0 Å². The molecule has 0 saturated carbocycles. The number of rotatable bonds is 4. The van der Waals surface area contributed by atoms with E-state index >= 15 is 0 Å². The molecule has 0 saturated heterocycles. The number of nitrogens with two attached hydrogens (primary N) is 1. The van der Waals surface area contributed by atoms with Gasteiger partial charge in [-0.3, -0.25) is 4.79 Å². The molecule has 1 amide bonds. The summed E-state index contributed by atoms with van der Waals surface area (Å²) in [5.74, 6) is -0.447. The Morgan fingerprint density at radius 1 is 0.842 bits per heavy atom. The Hall–Kier alpha value is -2.61. The SMILES string of the molecule is NC(=O)/C=C/C=C(c1ccccc1)c1ccccc1. The summed E-state index contributed by atoms with van der Waals surface area (Å²) >= 11 is 0. The monoisotopic (exact) mass is 249 g/mol. The molecule has 0 aliphatic carbocycles. The predicted octanol–water partition coefficient (Wildman–Crippen LogP) is 3.16. The summed E-state index contributed by atoms with van der Waals surface area (Å²) in [4.78, 5) is 10.8. The molecule has 2 aromatic rings. The molecule has 0 heterocycles. The predicted molar refractivity (Wildman–Crippen MR) is 78.3 cm³/mol. The van der Waals surface area contributed by atoms with Crippen molar-refractivity contribution in [1.82, 2.24) is 0 Å². The van der Waals surface area contributed by atoms with E-state index in [0.29, 0.717) is 0 Å². The Balaban J connectivity index is 2.43. The Kier molecular flexibility index (Phi) is 4.29. The number of hydrogen-bond acceptors (Lipinski definition) is 1. The molecule has 2 heteroatoms. The fraction of sp³-hybridized carbons (Fsp3) is 0. The molecule has 2 aromatic carbocycles. The molecule has 0 bridgehead atoms. The summed E-state index contributed by atoms with van der Waals surface area (Å²) in [6.07, 6.45) is 4.93. The quantitative estimate of drug-likeness (QED) is 0.656. The topological polar surface area (TPSA) is 43.1 Å². The van der Waals surface area contributed by atoms with E-state index in [9.17, 15) is 4.79 Å². The maximum atomic E-state index is 10.8. The first-order chi connectivity index (χ1) is 9.27. The van der Waals surface area contributed by atoms with Gasteiger partial charge < -0.3 is 5.73 Å². The molecule has 0 spiro atoms. The molecule has 19 heavy (non-hydrogen) atoms. The number of hydrogen-bond donors (Lipinski definition) is 1. The first-order valence-electron chi connectivity index (χ1n) is 6.06. The third-order valence-corrected chi connectivity index (χ3v) is 2.69. The van der Waals surface area contributed by atoms with Gasteiger partial charge in [-0.25, -0.2) is 0 Å². The Bertz CT molecular complexity index is 556.